The largest absolute Gasteiger partial charge is 0.461 e. The molecule has 2 rings (SSSR count). The predicted octanol–water partition coefficient (Wildman–Crippen LogP) is 2.75. The number of H-pyrrole nitrogens is 1. The number of rotatable bonds is 6. The molecule has 6 nitrogen and oxygen atoms in total. The molecule has 0 saturated carbocycles. The zero-order chi connectivity index (χ0) is 17.9. The highest BCUT2D eigenvalue weighted by Crippen LogP contribution is 2.40. The summed E-state index contributed by atoms with van der Waals surface area (Å²) in [5.74, 6) is -0.558. The van der Waals surface area contributed by atoms with E-state index in [0.29, 0.717) is 32.3 Å². The molecule has 1 aromatic heterocycles. The van der Waals surface area contributed by atoms with Gasteiger partial charge < -0.3 is 25.0 Å². The van der Waals surface area contributed by atoms with Crippen LogP contribution in [0.4, 0.5) is 0 Å². The minimum atomic E-state index is -0.558. The summed E-state index contributed by atoms with van der Waals surface area (Å²) in [7, 11) is 0. The summed E-state index contributed by atoms with van der Waals surface area (Å²) in [5.41, 5.74) is 2.56. The molecule has 4 N–H and O–H groups in total. The van der Waals surface area contributed by atoms with E-state index in [1.54, 1.807) is 19.1 Å². The number of halogens is 2. The highest BCUT2D eigenvalue weighted by molar-refractivity contribution is 9.10. The van der Waals surface area contributed by atoms with Crippen molar-refractivity contribution >= 4 is 33.5 Å². The number of carbonyl (C=O) groups is 1. The lowest BCUT2D eigenvalue weighted by Gasteiger charge is -2.15. The van der Waals surface area contributed by atoms with Crippen molar-refractivity contribution in [1.82, 2.24) is 4.98 Å². The van der Waals surface area contributed by atoms with E-state index < -0.39 is 5.97 Å². The van der Waals surface area contributed by atoms with E-state index in [0.717, 1.165) is 0 Å². The van der Waals surface area contributed by atoms with Gasteiger partial charge in [-0.2, -0.15) is 0 Å². The maximum atomic E-state index is 12.0. The van der Waals surface area contributed by atoms with Crippen LogP contribution in [0.25, 0.3) is 11.1 Å². The molecule has 0 aliphatic carbocycles. The summed E-state index contributed by atoms with van der Waals surface area (Å²) in [5, 5.41) is 28.9. The van der Waals surface area contributed by atoms with Crippen LogP contribution < -0.4 is 0 Å². The van der Waals surface area contributed by atoms with Gasteiger partial charge >= 0.3 is 5.97 Å². The Morgan fingerprint density at radius 2 is 1.88 bits per heavy atom. The summed E-state index contributed by atoms with van der Waals surface area (Å²) >= 11 is 9.59. The lowest BCUT2D eigenvalue weighted by Crippen LogP contribution is -2.05. The van der Waals surface area contributed by atoms with Crippen molar-refractivity contribution in [2.45, 2.75) is 26.7 Å². The summed E-state index contributed by atoms with van der Waals surface area (Å²) in [6, 6.07) is 3.31. The van der Waals surface area contributed by atoms with Gasteiger partial charge in [-0.3, -0.25) is 0 Å². The van der Waals surface area contributed by atoms with Gasteiger partial charge in [-0.25, -0.2) is 4.79 Å². The van der Waals surface area contributed by atoms with Gasteiger partial charge in [0, 0.05) is 5.56 Å². The van der Waals surface area contributed by atoms with E-state index in [4.69, 9.17) is 16.3 Å². The van der Waals surface area contributed by atoms with Crippen LogP contribution >= 0.6 is 27.5 Å². The Morgan fingerprint density at radius 3 is 2.42 bits per heavy atom. The monoisotopic (exact) mass is 417 g/mol. The Bertz CT molecular complexity index is 759. The van der Waals surface area contributed by atoms with Crippen molar-refractivity contribution in [1.29, 1.82) is 0 Å². The average molecular weight is 419 g/mol. The van der Waals surface area contributed by atoms with Crippen molar-refractivity contribution in [3.05, 3.63) is 44.1 Å². The summed E-state index contributed by atoms with van der Waals surface area (Å²) < 4.78 is 5.37. The molecular weight excluding hydrogens is 402 g/mol. The SMILES string of the molecule is CCOC(=O)c1[nH]c(Cl)c(-c2ccc(CO)c(CO)c2CO)c1Br. The fourth-order valence-corrected chi connectivity index (χ4v) is 3.61. The minimum Gasteiger partial charge on any atom is -0.461 e. The van der Waals surface area contributed by atoms with Gasteiger partial charge in [0.1, 0.15) is 10.8 Å². The van der Waals surface area contributed by atoms with E-state index in [1.165, 1.54) is 0 Å². The number of aliphatic hydroxyl groups is 3. The fraction of sp³-hybridized carbons (Fsp3) is 0.312. The topological polar surface area (TPSA) is 103 Å². The van der Waals surface area contributed by atoms with Crippen molar-refractivity contribution in [2.24, 2.45) is 0 Å². The number of aliphatic hydroxyl groups excluding tert-OH is 3. The maximum Gasteiger partial charge on any atom is 0.355 e. The quantitative estimate of drug-likeness (QED) is 0.540. The van der Waals surface area contributed by atoms with Crippen LogP contribution in [0.5, 0.6) is 0 Å². The summed E-state index contributed by atoms with van der Waals surface area (Å²) in [6.07, 6.45) is 0. The second-order valence-corrected chi connectivity index (χ2v) is 6.10. The Labute approximate surface area is 152 Å². The van der Waals surface area contributed by atoms with Gasteiger partial charge in [0.15, 0.2) is 0 Å². The van der Waals surface area contributed by atoms with Crippen molar-refractivity contribution in [3.8, 4) is 11.1 Å². The van der Waals surface area contributed by atoms with Crippen LogP contribution in [-0.2, 0) is 24.6 Å². The molecule has 0 aliphatic heterocycles. The molecule has 130 valence electrons. The normalized spacial score (nSPS) is 10.9. The maximum absolute atomic E-state index is 12.0. The van der Waals surface area contributed by atoms with Gasteiger partial charge in [0.2, 0.25) is 0 Å². The molecule has 0 aliphatic rings. The highest BCUT2D eigenvalue weighted by atomic mass is 79.9. The van der Waals surface area contributed by atoms with Gasteiger partial charge in [-0.15, -0.1) is 0 Å². The molecule has 0 fully saturated rings. The smallest absolute Gasteiger partial charge is 0.355 e. The molecule has 1 heterocycles. The second kappa shape index (κ2) is 8.13. The number of benzene rings is 1. The van der Waals surface area contributed by atoms with Gasteiger partial charge in [-0.05, 0) is 45.1 Å². The average Bonchev–Trinajstić information content (AvgIpc) is 2.88. The van der Waals surface area contributed by atoms with E-state index in [1.807, 2.05) is 0 Å². The van der Waals surface area contributed by atoms with Crippen LogP contribution in [0, 0.1) is 0 Å². The predicted molar refractivity (Wildman–Crippen MR) is 92.7 cm³/mol. The Balaban J connectivity index is 2.67. The molecule has 2 aromatic rings. The molecule has 0 spiro atoms. The summed E-state index contributed by atoms with van der Waals surface area (Å²) in [4.78, 5) is 14.7. The number of carbonyl (C=O) groups excluding carboxylic acids is 1. The number of aromatic nitrogens is 1. The molecule has 0 amide bonds. The molecule has 0 saturated heterocycles. The first-order chi connectivity index (χ1) is 11.5. The molecule has 24 heavy (non-hydrogen) atoms. The third kappa shape index (κ3) is 3.36. The van der Waals surface area contributed by atoms with Crippen LogP contribution in [-0.4, -0.2) is 32.9 Å². The molecule has 0 atom stereocenters. The second-order valence-electron chi connectivity index (χ2n) is 4.93. The van der Waals surface area contributed by atoms with Gasteiger partial charge in [0.05, 0.1) is 30.9 Å². The van der Waals surface area contributed by atoms with Crippen LogP contribution in [0.3, 0.4) is 0 Å². The number of ether oxygens (including phenoxy) is 1. The Kier molecular flexibility index (Phi) is 6.42. The molecule has 8 heteroatoms. The number of hydrogen-bond donors (Lipinski definition) is 4. The van der Waals surface area contributed by atoms with Crippen molar-refractivity contribution < 1.29 is 24.9 Å². The first-order valence-electron chi connectivity index (χ1n) is 7.20. The number of nitrogens with one attached hydrogen (secondary N) is 1. The zero-order valence-corrected chi connectivity index (χ0v) is 15.2. The number of esters is 1. The van der Waals surface area contributed by atoms with Crippen LogP contribution in [0.15, 0.2) is 16.6 Å². The standard InChI is InChI=1S/C16H17BrClNO5/c1-2-24-16(23)14-13(17)12(15(18)19-14)9-4-3-8(5-20)10(6-21)11(9)7-22/h3-4,19-22H,2,5-7H2,1H3. The fourth-order valence-electron chi connectivity index (χ4n) is 2.53. The Hall–Kier alpha value is -1.38. The Morgan fingerprint density at radius 1 is 1.21 bits per heavy atom. The van der Waals surface area contributed by atoms with E-state index in [9.17, 15) is 20.1 Å². The van der Waals surface area contributed by atoms with Gasteiger partial charge in [0.25, 0.3) is 0 Å². The number of aromatic amines is 1. The third-order valence-corrected chi connectivity index (χ3v) is 4.73. The summed E-state index contributed by atoms with van der Waals surface area (Å²) in [6.45, 7) is 0.951. The van der Waals surface area contributed by atoms with E-state index in [2.05, 4.69) is 20.9 Å². The highest BCUT2D eigenvalue weighted by Gasteiger charge is 2.24. The van der Waals surface area contributed by atoms with E-state index >= 15 is 0 Å². The van der Waals surface area contributed by atoms with Gasteiger partial charge in [-0.1, -0.05) is 23.7 Å². The van der Waals surface area contributed by atoms with Crippen molar-refractivity contribution in [2.75, 3.05) is 6.61 Å². The molecular formula is C16H17BrClNO5. The first-order valence-corrected chi connectivity index (χ1v) is 8.37. The molecule has 0 radical (unpaired) electrons. The molecule has 1 aromatic carbocycles. The van der Waals surface area contributed by atoms with Crippen LogP contribution in [0.2, 0.25) is 5.15 Å². The van der Waals surface area contributed by atoms with Crippen LogP contribution in [0.1, 0.15) is 34.1 Å². The molecule has 0 unspecified atom stereocenters. The molecule has 0 bridgehead atoms. The van der Waals surface area contributed by atoms with Crippen molar-refractivity contribution in [3.63, 3.8) is 0 Å². The number of hydrogen-bond acceptors (Lipinski definition) is 5. The minimum absolute atomic E-state index is 0.164. The first kappa shape index (κ1) is 19.0. The van der Waals surface area contributed by atoms with E-state index in [-0.39, 0.29) is 37.3 Å². The third-order valence-electron chi connectivity index (χ3n) is 3.66. The lowest BCUT2D eigenvalue weighted by molar-refractivity contribution is 0.0519. The lowest BCUT2D eigenvalue weighted by atomic mass is 9.93. The zero-order valence-electron chi connectivity index (χ0n) is 12.9.